The number of carbonyl (C=O) groups is 1. The summed E-state index contributed by atoms with van der Waals surface area (Å²) in [6.45, 7) is 10.3. The minimum absolute atomic E-state index is 0.137. The molecule has 4 nitrogen and oxygen atoms in total. The number of carbonyl (C=O) groups excluding carboxylic acids is 1. The Morgan fingerprint density at radius 1 is 1.00 bits per heavy atom. The highest BCUT2D eigenvalue weighted by Gasteiger charge is 2.22. The predicted molar refractivity (Wildman–Crippen MR) is 84.9 cm³/mol. The lowest BCUT2D eigenvalue weighted by Gasteiger charge is -2.35. The van der Waals surface area contributed by atoms with E-state index in [-0.39, 0.29) is 5.92 Å². The van der Waals surface area contributed by atoms with Crippen LogP contribution in [0.2, 0.25) is 0 Å². The van der Waals surface area contributed by atoms with E-state index in [1.54, 1.807) is 0 Å². The van der Waals surface area contributed by atoms with Crippen LogP contribution in [0.5, 0.6) is 0 Å². The molecule has 0 atom stereocenters. The van der Waals surface area contributed by atoms with E-state index in [2.05, 4.69) is 23.9 Å². The Hall–Kier alpha value is -0.610. The summed E-state index contributed by atoms with van der Waals surface area (Å²) < 4.78 is 0. The van der Waals surface area contributed by atoms with Crippen LogP contribution < -0.4 is 0 Å². The molecule has 0 N–H and O–H groups in total. The molecule has 0 unspecified atom stereocenters. The summed E-state index contributed by atoms with van der Waals surface area (Å²) >= 11 is 0. The van der Waals surface area contributed by atoms with Crippen molar-refractivity contribution in [3.63, 3.8) is 0 Å². The lowest BCUT2D eigenvalue weighted by Crippen LogP contribution is -2.49. The Morgan fingerprint density at radius 2 is 1.60 bits per heavy atom. The highest BCUT2D eigenvalue weighted by molar-refractivity contribution is 5.78. The first-order chi connectivity index (χ1) is 9.50. The van der Waals surface area contributed by atoms with Crippen LogP contribution >= 0.6 is 0 Å². The van der Waals surface area contributed by atoms with Gasteiger partial charge in [0.1, 0.15) is 0 Å². The molecule has 1 aliphatic rings. The van der Waals surface area contributed by atoms with E-state index in [9.17, 15) is 4.79 Å². The molecule has 1 heterocycles. The van der Waals surface area contributed by atoms with Crippen LogP contribution in [0.1, 0.15) is 39.5 Å². The molecule has 20 heavy (non-hydrogen) atoms. The fourth-order valence-corrected chi connectivity index (χ4v) is 2.67. The maximum atomic E-state index is 11.9. The van der Waals surface area contributed by atoms with Crippen molar-refractivity contribution in [2.24, 2.45) is 5.92 Å². The zero-order chi connectivity index (χ0) is 15.0. The summed E-state index contributed by atoms with van der Waals surface area (Å²) in [5.74, 6) is 0.451. The molecule has 0 spiro atoms. The highest BCUT2D eigenvalue weighted by Crippen LogP contribution is 2.09. The molecule has 0 saturated carbocycles. The first-order valence-electron chi connectivity index (χ1n) is 8.16. The zero-order valence-corrected chi connectivity index (χ0v) is 13.9. The quantitative estimate of drug-likeness (QED) is 0.637. The number of piperazine rings is 1. The average Bonchev–Trinajstić information content (AvgIpc) is 2.42. The summed E-state index contributed by atoms with van der Waals surface area (Å²) in [6, 6.07) is 0. The average molecular weight is 283 g/mol. The van der Waals surface area contributed by atoms with Crippen molar-refractivity contribution in [1.82, 2.24) is 14.7 Å². The van der Waals surface area contributed by atoms with Crippen molar-refractivity contribution in [1.29, 1.82) is 0 Å². The van der Waals surface area contributed by atoms with Gasteiger partial charge in [0.15, 0.2) is 0 Å². The Bertz CT molecular complexity index is 271. The van der Waals surface area contributed by atoms with Gasteiger partial charge in [0, 0.05) is 32.1 Å². The second-order valence-corrected chi connectivity index (χ2v) is 6.54. The molecule has 0 aromatic rings. The van der Waals surface area contributed by atoms with Crippen LogP contribution in [0.15, 0.2) is 0 Å². The number of nitrogens with zero attached hydrogens (tertiary/aromatic N) is 3. The van der Waals surface area contributed by atoms with Gasteiger partial charge in [-0.05, 0) is 40.0 Å². The van der Waals surface area contributed by atoms with E-state index in [4.69, 9.17) is 0 Å². The van der Waals surface area contributed by atoms with Crippen molar-refractivity contribution in [3.8, 4) is 0 Å². The molecular weight excluding hydrogens is 250 g/mol. The molecule has 1 rings (SSSR count). The standard InChI is InChI=1S/C16H33N3O/c1-15(2)16(20)19-13-11-18(12-14-19)10-8-6-5-7-9-17(3)4/h15H,5-14H2,1-4H3. The summed E-state index contributed by atoms with van der Waals surface area (Å²) in [6.07, 6.45) is 5.28. The second kappa shape index (κ2) is 9.35. The van der Waals surface area contributed by atoms with Gasteiger partial charge in [0.05, 0.1) is 0 Å². The molecule has 0 aliphatic carbocycles. The molecule has 1 saturated heterocycles. The molecule has 0 bridgehead atoms. The van der Waals surface area contributed by atoms with Gasteiger partial charge in [-0.2, -0.15) is 0 Å². The molecular formula is C16H33N3O. The van der Waals surface area contributed by atoms with Crippen molar-refractivity contribution >= 4 is 5.91 Å². The maximum absolute atomic E-state index is 11.9. The first-order valence-corrected chi connectivity index (χ1v) is 8.16. The molecule has 0 aromatic carbocycles. The van der Waals surface area contributed by atoms with Crippen molar-refractivity contribution in [2.75, 3.05) is 53.4 Å². The normalized spacial score (nSPS) is 17.2. The number of hydrogen-bond acceptors (Lipinski definition) is 3. The number of hydrogen-bond donors (Lipinski definition) is 0. The van der Waals surface area contributed by atoms with Gasteiger partial charge in [-0.3, -0.25) is 9.69 Å². The fraction of sp³-hybridized carbons (Fsp3) is 0.938. The van der Waals surface area contributed by atoms with Gasteiger partial charge in [-0.1, -0.05) is 26.7 Å². The Labute approximate surface area is 125 Å². The van der Waals surface area contributed by atoms with Gasteiger partial charge in [-0.25, -0.2) is 0 Å². The smallest absolute Gasteiger partial charge is 0.225 e. The number of unbranched alkanes of at least 4 members (excludes halogenated alkanes) is 3. The lowest BCUT2D eigenvalue weighted by molar-refractivity contribution is -0.136. The van der Waals surface area contributed by atoms with E-state index in [1.165, 1.54) is 38.8 Å². The topological polar surface area (TPSA) is 26.8 Å². The molecule has 118 valence electrons. The monoisotopic (exact) mass is 283 g/mol. The largest absolute Gasteiger partial charge is 0.340 e. The van der Waals surface area contributed by atoms with Crippen molar-refractivity contribution in [2.45, 2.75) is 39.5 Å². The Kier molecular flexibility index (Phi) is 8.15. The summed E-state index contributed by atoms with van der Waals surface area (Å²) in [4.78, 5) is 18.7. The molecule has 1 aliphatic heterocycles. The predicted octanol–water partition coefficient (Wildman–Crippen LogP) is 1.91. The van der Waals surface area contributed by atoms with E-state index in [0.29, 0.717) is 5.91 Å². The third-order valence-electron chi connectivity index (χ3n) is 4.01. The molecule has 0 aromatic heterocycles. The Morgan fingerprint density at radius 3 is 2.15 bits per heavy atom. The van der Waals surface area contributed by atoms with Crippen LogP contribution in [0.4, 0.5) is 0 Å². The van der Waals surface area contributed by atoms with Gasteiger partial charge in [0.25, 0.3) is 0 Å². The van der Waals surface area contributed by atoms with Gasteiger partial charge >= 0.3 is 0 Å². The third-order valence-corrected chi connectivity index (χ3v) is 4.01. The van der Waals surface area contributed by atoms with Gasteiger partial charge in [0.2, 0.25) is 5.91 Å². The minimum atomic E-state index is 0.137. The minimum Gasteiger partial charge on any atom is -0.340 e. The van der Waals surface area contributed by atoms with E-state index in [0.717, 1.165) is 26.2 Å². The van der Waals surface area contributed by atoms with Gasteiger partial charge < -0.3 is 9.80 Å². The first kappa shape index (κ1) is 17.4. The maximum Gasteiger partial charge on any atom is 0.225 e. The van der Waals surface area contributed by atoms with Crippen LogP contribution in [-0.4, -0.2) is 74.0 Å². The number of amides is 1. The van der Waals surface area contributed by atoms with E-state index < -0.39 is 0 Å². The molecule has 0 radical (unpaired) electrons. The Balaban J connectivity index is 2.04. The van der Waals surface area contributed by atoms with Crippen LogP contribution in [-0.2, 0) is 4.79 Å². The third kappa shape index (κ3) is 6.71. The van der Waals surface area contributed by atoms with Crippen LogP contribution in [0.25, 0.3) is 0 Å². The zero-order valence-electron chi connectivity index (χ0n) is 13.9. The molecule has 4 heteroatoms. The SMILES string of the molecule is CC(C)C(=O)N1CCN(CCCCCCN(C)C)CC1. The summed E-state index contributed by atoms with van der Waals surface area (Å²) in [5, 5.41) is 0. The van der Waals surface area contributed by atoms with Crippen LogP contribution in [0, 0.1) is 5.92 Å². The van der Waals surface area contributed by atoms with Crippen LogP contribution in [0.3, 0.4) is 0 Å². The number of rotatable bonds is 8. The van der Waals surface area contributed by atoms with Gasteiger partial charge in [-0.15, -0.1) is 0 Å². The summed E-state index contributed by atoms with van der Waals surface area (Å²) in [5.41, 5.74) is 0. The molecule has 1 fully saturated rings. The molecule has 1 amide bonds. The van der Waals surface area contributed by atoms with E-state index in [1.807, 2.05) is 18.7 Å². The van der Waals surface area contributed by atoms with E-state index >= 15 is 0 Å². The van der Waals surface area contributed by atoms with Crippen molar-refractivity contribution < 1.29 is 4.79 Å². The second-order valence-electron chi connectivity index (χ2n) is 6.54. The lowest BCUT2D eigenvalue weighted by atomic mass is 10.1. The summed E-state index contributed by atoms with van der Waals surface area (Å²) in [7, 11) is 4.27. The fourth-order valence-electron chi connectivity index (χ4n) is 2.67. The highest BCUT2D eigenvalue weighted by atomic mass is 16.2. The van der Waals surface area contributed by atoms with Crippen molar-refractivity contribution in [3.05, 3.63) is 0 Å².